The maximum atomic E-state index is 10.8. The van der Waals surface area contributed by atoms with Crippen LogP contribution < -0.4 is 0 Å². The van der Waals surface area contributed by atoms with E-state index in [0.717, 1.165) is 28.8 Å². The number of aryl methyl sites for hydroxylation is 2. The van der Waals surface area contributed by atoms with Crippen molar-refractivity contribution in [3.8, 4) is 0 Å². The maximum absolute atomic E-state index is 10.8. The Morgan fingerprint density at radius 3 is 2.56 bits per heavy atom. The molecule has 5 nitrogen and oxygen atoms in total. The number of hydrogen-bond donors (Lipinski definition) is 1. The molecule has 18 heavy (non-hydrogen) atoms. The fourth-order valence-corrected chi connectivity index (χ4v) is 2.54. The lowest BCUT2D eigenvalue weighted by molar-refractivity contribution is -0.138. The van der Waals surface area contributed by atoms with Crippen LogP contribution in [0, 0.1) is 0 Å². The van der Waals surface area contributed by atoms with E-state index in [-0.39, 0.29) is 6.54 Å². The van der Waals surface area contributed by atoms with Crippen molar-refractivity contribution in [1.29, 1.82) is 0 Å². The highest BCUT2D eigenvalue weighted by atomic mass is 79.9. The van der Waals surface area contributed by atoms with Crippen LogP contribution in [0.3, 0.4) is 0 Å². The average molecular weight is 318 g/mol. The fourth-order valence-electron chi connectivity index (χ4n) is 1.85. The summed E-state index contributed by atoms with van der Waals surface area (Å²) in [5.41, 5.74) is 2.08. The predicted octanol–water partition coefficient (Wildman–Crippen LogP) is 2.13. The number of aromatic nitrogens is 2. The van der Waals surface area contributed by atoms with Crippen molar-refractivity contribution in [3.63, 3.8) is 0 Å². The summed E-state index contributed by atoms with van der Waals surface area (Å²) in [4.78, 5) is 12.7. The molecule has 0 aliphatic rings. The normalized spacial score (nSPS) is 11.2. The first-order chi connectivity index (χ1) is 8.53. The lowest BCUT2D eigenvalue weighted by atomic mass is 10.3. The van der Waals surface area contributed by atoms with Gasteiger partial charge in [0.15, 0.2) is 0 Å². The van der Waals surface area contributed by atoms with Crippen LogP contribution in [0.1, 0.15) is 32.2 Å². The van der Waals surface area contributed by atoms with Gasteiger partial charge >= 0.3 is 5.97 Å². The third-order valence-corrected chi connectivity index (χ3v) is 3.79. The molecule has 1 heterocycles. The molecule has 0 bridgehead atoms. The van der Waals surface area contributed by atoms with Crippen molar-refractivity contribution in [2.24, 2.45) is 0 Å². The lowest BCUT2D eigenvalue weighted by Crippen LogP contribution is -2.30. The standard InChI is InChI=1S/C12H20BrN3O2/c1-4-9-12(13)10(16(6-3)14-9)7-15(5-2)8-11(17)18/h4-8H2,1-3H3,(H,17,18). The molecular formula is C12H20BrN3O2. The van der Waals surface area contributed by atoms with Crippen LogP contribution in [0.15, 0.2) is 4.47 Å². The third-order valence-electron chi connectivity index (χ3n) is 2.87. The number of nitrogens with zero attached hydrogens (tertiary/aromatic N) is 3. The third kappa shape index (κ3) is 3.55. The molecule has 1 N–H and O–H groups in total. The second-order valence-corrected chi connectivity index (χ2v) is 4.87. The van der Waals surface area contributed by atoms with Crippen LogP contribution in [0.2, 0.25) is 0 Å². The zero-order valence-electron chi connectivity index (χ0n) is 11.1. The molecule has 102 valence electrons. The molecule has 1 aromatic rings. The zero-order chi connectivity index (χ0) is 13.7. The SMILES string of the molecule is CCc1nn(CC)c(CN(CC)CC(=O)O)c1Br. The summed E-state index contributed by atoms with van der Waals surface area (Å²) in [7, 11) is 0. The molecule has 0 amide bonds. The highest BCUT2D eigenvalue weighted by molar-refractivity contribution is 9.10. The highest BCUT2D eigenvalue weighted by Crippen LogP contribution is 2.23. The second kappa shape index (κ2) is 6.89. The van der Waals surface area contributed by atoms with E-state index < -0.39 is 5.97 Å². The number of likely N-dealkylation sites (N-methyl/N-ethyl adjacent to an activating group) is 1. The van der Waals surface area contributed by atoms with Crippen LogP contribution in [0.5, 0.6) is 0 Å². The van der Waals surface area contributed by atoms with Crippen molar-refractivity contribution >= 4 is 21.9 Å². The van der Waals surface area contributed by atoms with Gasteiger partial charge in [-0.1, -0.05) is 13.8 Å². The number of rotatable bonds is 7. The van der Waals surface area contributed by atoms with Crippen LogP contribution >= 0.6 is 15.9 Å². The Bertz CT molecular complexity index is 418. The predicted molar refractivity (Wildman–Crippen MR) is 73.6 cm³/mol. The molecule has 0 fully saturated rings. The summed E-state index contributed by atoms with van der Waals surface area (Å²) in [6.45, 7) is 8.21. The van der Waals surface area contributed by atoms with Gasteiger partial charge in [-0.05, 0) is 35.8 Å². The van der Waals surface area contributed by atoms with Gasteiger partial charge in [-0.25, -0.2) is 0 Å². The largest absolute Gasteiger partial charge is 0.480 e. The molecule has 0 aliphatic carbocycles. The van der Waals surface area contributed by atoms with E-state index in [1.165, 1.54) is 0 Å². The van der Waals surface area contributed by atoms with E-state index in [4.69, 9.17) is 5.11 Å². The molecule has 1 aromatic heterocycles. The average Bonchev–Trinajstić information content (AvgIpc) is 2.64. The monoisotopic (exact) mass is 317 g/mol. The quantitative estimate of drug-likeness (QED) is 0.837. The molecule has 0 atom stereocenters. The summed E-state index contributed by atoms with van der Waals surface area (Å²) in [6.07, 6.45) is 0.867. The van der Waals surface area contributed by atoms with E-state index in [1.54, 1.807) is 0 Å². The number of hydrogen-bond acceptors (Lipinski definition) is 3. The molecule has 0 radical (unpaired) electrons. The van der Waals surface area contributed by atoms with Crippen molar-refractivity contribution in [2.45, 2.75) is 40.3 Å². The summed E-state index contributed by atoms with van der Waals surface area (Å²) in [6, 6.07) is 0. The number of carboxylic acids is 1. The molecule has 0 spiro atoms. The second-order valence-electron chi connectivity index (χ2n) is 4.07. The first-order valence-electron chi connectivity index (χ1n) is 6.21. The van der Waals surface area contributed by atoms with E-state index >= 15 is 0 Å². The molecular weight excluding hydrogens is 298 g/mol. The van der Waals surface area contributed by atoms with E-state index in [0.29, 0.717) is 13.1 Å². The first-order valence-corrected chi connectivity index (χ1v) is 7.00. The Labute approximate surface area is 116 Å². The fraction of sp³-hybridized carbons (Fsp3) is 0.667. The molecule has 1 rings (SSSR count). The Morgan fingerprint density at radius 1 is 1.44 bits per heavy atom. The van der Waals surface area contributed by atoms with Gasteiger partial charge in [0.05, 0.1) is 22.4 Å². The summed E-state index contributed by atoms with van der Waals surface area (Å²) in [5, 5.41) is 13.4. The van der Waals surface area contributed by atoms with Crippen molar-refractivity contribution < 1.29 is 9.90 Å². The van der Waals surface area contributed by atoms with Crippen molar-refractivity contribution in [2.75, 3.05) is 13.1 Å². The van der Waals surface area contributed by atoms with E-state index in [9.17, 15) is 4.79 Å². The van der Waals surface area contributed by atoms with Crippen LogP contribution in [-0.2, 0) is 24.3 Å². The van der Waals surface area contributed by atoms with Gasteiger partial charge in [0, 0.05) is 13.1 Å². The number of carboxylic acid groups (broad SMARTS) is 1. The van der Waals surface area contributed by atoms with Gasteiger partial charge in [-0.15, -0.1) is 0 Å². The summed E-state index contributed by atoms with van der Waals surface area (Å²) in [5.74, 6) is -0.800. The highest BCUT2D eigenvalue weighted by Gasteiger charge is 2.17. The number of halogens is 1. The molecule has 0 aliphatic heterocycles. The Kier molecular flexibility index (Phi) is 5.81. The molecule has 0 saturated heterocycles. The van der Waals surface area contributed by atoms with Crippen molar-refractivity contribution in [3.05, 3.63) is 15.9 Å². The topological polar surface area (TPSA) is 58.4 Å². The van der Waals surface area contributed by atoms with Gasteiger partial charge in [0.25, 0.3) is 0 Å². The van der Waals surface area contributed by atoms with Crippen LogP contribution in [0.4, 0.5) is 0 Å². The van der Waals surface area contributed by atoms with Crippen LogP contribution in [0.25, 0.3) is 0 Å². The molecule has 0 aromatic carbocycles. The molecule has 0 unspecified atom stereocenters. The lowest BCUT2D eigenvalue weighted by Gasteiger charge is -2.18. The van der Waals surface area contributed by atoms with Gasteiger partial charge in [0.2, 0.25) is 0 Å². The summed E-state index contributed by atoms with van der Waals surface area (Å²) >= 11 is 3.57. The minimum atomic E-state index is -0.800. The van der Waals surface area contributed by atoms with E-state index in [1.807, 2.05) is 23.4 Å². The van der Waals surface area contributed by atoms with Gasteiger partial charge in [-0.2, -0.15) is 5.10 Å². The zero-order valence-corrected chi connectivity index (χ0v) is 12.7. The van der Waals surface area contributed by atoms with Crippen LogP contribution in [-0.4, -0.2) is 38.8 Å². The van der Waals surface area contributed by atoms with Gasteiger partial charge < -0.3 is 5.11 Å². The van der Waals surface area contributed by atoms with Crippen molar-refractivity contribution in [1.82, 2.24) is 14.7 Å². The van der Waals surface area contributed by atoms with Gasteiger partial charge in [-0.3, -0.25) is 14.4 Å². The Morgan fingerprint density at radius 2 is 2.11 bits per heavy atom. The minimum absolute atomic E-state index is 0.0549. The molecule has 6 heteroatoms. The summed E-state index contributed by atoms with van der Waals surface area (Å²) < 4.78 is 2.95. The number of aliphatic carboxylic acids is 1. The van der Waals surface area contributed by atoms with Gasteiger partial charge in [0.1, 0.15) is 0 Å². The minimum Gasteiger partial charge on any atom is -0.480 e. The number of carbonyl (C=O) groups is 1. The Hall–Kier alpha value is -0.880. The molecule has 0 saturated carbocycles. The maximum Gasteiger partial charge on any atom is 0.317 e. The first kappa shape index (κ1) is 15.2. The van der Waals surface area contributed by atoms with E-state index in [2.05, 4.69) is 28.0 Å². The Balaban J connectivity index is 2.93. The smallest absolute Gasteiger partial charge is 0.317 e.